The van der Waals surface area contributed by atoms with Crippen molar-refractivity contribution in [3.8, 4) is 0 Å². The summed E-state index contributed by atoms with van der Waals surface area (Å²) in [5.41, 5.74) is 3.48. The third-order valence-corrected chi connectivity index (χ3v) is 2.85. The van der Waals surface area contributed by atoms with Crippen molar-refractivity contribution in [1.29, 1.82) is 0 Å². The molecule has 5 nitrogen and oxygen atoms in total. The van der Waals surface area contributed by atoms with Crippen molar-refractivity contribution in [3.63, 3.8) is 0 Å². The summed E-state index contributed by atoms with van der Waals surface area (Å²) in [5, 5.41) is 3.90. The second-order valence-corrected chi connectivity index (χ2v) is 4.32. The van der Waals surface area contributed by atoms with Gasteiger partial charge in [0, 0.05) is 12.4 Å². The topological polar surface area (TPSA) is 59.0 Å². The summed E-state index contributed by atoms with van der Waals surface area (Å²) in [7, 11) is 0. The van der Waals surface area contributed by atoms with Crippen molar-refractivity contribution in [2.45, 2.75) is 19.1 Å². The van der Waals surface area contributed by atoms with Crippen LogP contribution in [0.3, 0.4) is 0 Å². The molecule has 0 aliphatic heterocycles. The third kappa shape index (κ3) is 3.53. The number of carbonyl (C=O) groups is 1. The van der Waals surface area contributed by atoms with Gasteiger partial charge in [-0.2, -0.15) is 18.3 Å². The number of amides is 1. The summed E-state index contributed by atoms with van der Waals surface area (Å²) in [6, 6.07) is 5.90. The van der Waals surface area contributed by atoms with Gasteiger partial charge in [0.2, 0.25) is 0 Å². The summed E-state index contributed by atoms with van der Waals surface area (Å²) in [4.78, 5) is 11.9. The van der Waals surface area contributed by atoms with Gasteiger partial charge in [-0.1, -0.05) is 12.1 Å². The number of hydrogen-bond donors (Lipinski definition) is 2. The van der Waals surface area contributed by atoms with Crippen LogP contribution in [0, 0.1) is 0 Å². The van der Waals surface area contributed by atoms with E-state index in [-0.39, 0.29) is 5.69 Å². The first kappa shape index (κ1) is 14.9. The monoisotopic (exact) mass is 298 g/mol. The smallest absolute Gasteiger partial charge is 0.298 e. The first-order valence-corrected chi connectivity index (χ1v) is 6.11. The summed E-state index contributed by atoms with van der Waals surface area (Å²) in [6.45, 7) is 1.58. The molecule has 0 saturated heterocycles. The zero-order chi connectivity index (χ0) is 15.5. The molecule has 2 rings (SSSR count). The maximum absolute atomic E-state index is 12.8. The normalized spacial score (nSPS) is 12.8. The number of halogens is 3. The number of anilines is 1. The standard InChI is InChI=1S/C13H13F3N4O/c1-9(20-8-4-7-17-20)12(21)19-18-11-6-3-2-5-10(11)13(14,15)16/h2-9,18H,1H3,(H,19,21)/t9-/m0/s1. The highest BCUT2D eigenvalue weighted by atomic mass is 19.4. The third-order valence-electron chi connectivity index (χ3n) is 2.85. The van der Waals surface area contributed by atoms with Crippen molar-refractivity contribution in [2.75, 3.05) is 5.43 Å². The molecule has 0 spiro atoms. The number of benzene rings is 1. The molecule has 21 heavy (non-hydrogen) atoms. The van der Waals surface area contributed by atoms with Crippen LogP contribution >= 0.6 is 0 Å². The van der Waals surface area contributed by atoms with Gasteiger partial charge >= 0.3 is 6.18 Å². The Morgan fingerprint density at radius 3 is 2.62 bits per heavy atom. The van der Waals surface area contributed by atoms with Crippen LogP contribution in [0.25, 0.3) is 0 Å². The Morgan fingerprint density at radius 2 is 2.00 bits per heavy atom. The Balaban J connectivity index is 2.05. The minimum atomic E-state index is -4.50. The van der Waals surface area contributed by atoms with Gasteiger partial charge in [0.1, 0.15) is 6.04 Å². The Morgan fingerprint density at radius 1 is 1.29 bits per heavy atom. The number of para-hydroxylation sites is 1. The lowest BCUT2D eigenvalue weighted by atomic mass is 10.2. The van der Waals surface area contributed by atoms with E-state index in [9.17, 15) is 18.0 Å². The molecule has 0 saturated carbocycles. The minimum absolute atomic E-state index is 0.217. The van der Waals surface area contributed by atoms with Crippen molar-refractivity contribution in [3.05, 3.63) is 48.3 Å². The van der Waals surface area contributed by atoms with E-state index in [0.29, 0.717) is 0 Å². The number of hydrogen-bond acceptors (Lipinski definition) is 3. The fourth-order valence-electron chi connectivity index (χ4n) is 1.70. The van der Waals surface area contributed by atoms with E-state index < -0.39 is 23.7 Å². The fraction of sp³-hybridized carbons (Fsp3) is 0.231. The Labute approximate surface area is 118 Å². The molecule has 2 aromatic rings. The second-order valence-electron chi connectivity index (χ2n) is 4.32. The van der Waals surface area contributed by atoms with Crippen LogP contribution in [-0.2, 0) is 11.0 Å². The lowest BCUT2D eigenvalue weighted by molar-refractivity contribution is -0.137. The lowest BCUT2D eigenvalue weighted by Crippen LogP contribution is -2.36. The average molecular weight is 298 g/mol. The molecule has 1 atom stereocenters. The van der Waals surface area contributed by atoms with Crippen molar-refractivity contribution in [1.82, 2.24) is 15.2 Å². The van der Waals surface area contributed by atoms with Crippen LogP contribution in [0.5, 0.6) is 0 Å². The van der Waals surface area contributed by atoms with Gasteiger partial charge in [0.25, 0.3) is 5.91 Å². The predicted octanol–water partition coefficient (Wildman–Crippen LogP) is 2.61. The van der Waals surface area contributed by atoms with Gasteiger partial charge in [-0.05, 0) is 25.1 Å². The van der Waals surface area contributed by atoms with Gasteiger partial charge in [0.15, 0.2) is 0 Å². The van der Waals surface area contributed by atoms with Gasteiger partial charge in [0.05, 0.1) is 11.3 Å². The van der Waals surface area contributed by atoms with E-state index in [1.54, 1.807) is 19.2 Å². The number of hydrazine groups is 1. The molecule has 1 heterocycles. The van der Waals surface area contributed by atoms with E-state index in [1.807, 2.05) is 0 Å². The highest BCUT2D eigenvalue weighted by molar-refractivity contribution is 5.81. The number of carbonyl (C=O) groups excluding carboxylic acids is 1. The van der Waals surface area contributed by atoms with E-state index in [2.05, 4.69) is 16.0 Å². The fourth-order valence-corrected chi connectivity index (χ4v) is 1.70. The Kier molecular flexibility index (Phi) is 4.15. The maximum atomic E-state index is 12.8. The first-order valence-electron chi connectivity index (χ1n) is 6.11. The van der Waals surface area contributed by atoms with Crippen molar-refractivity contribution < 1.29 is 18.0 Å². The highest BCUT2D eigenvalue weighted by Crippen LogP contribution is 2.34. The SMILES string of the molecule is C[C@@H](C(=O)NNc1ccccc1C(F)(F)F)n1cccn1. The quantitative estimate of drug-likeness (QED) is 0.853. The minimum Gasteiger partial charge on any atom is -0.298 e. The van der Waals surface area contributed by atoms with Crippen LogP contribution in [0.4, 0.5) is 18.9 Å². The largest absolute Gasteiger partial charge is 0.418 e. The summed E-state index contributed by atoms with van der Waals surface area (Å²) < 4.78 is 39.8. The first-order chi connectivity index (χ1) is 9.89. The molecule has 1 aromatic carbocycles. The molecule has 0 bridgehead atoms. The molecular weight excluding hydrogens is 285 g/mol. The molecule has 0 aliphatic carbocycles. The van der Waals surface area contributed by atoms with Crippen LogP contribution in [0.2, 0.25) is 0 Å². The van der Waals surface area contributed by atoms with Crippen LogP contribution < -0.4 is 10.9 Å². The average Bonchev–Trinajstić information content (AvgIpc) is 2.97. The van der Waals surface area contributed by atoms with E-state index in [1.165, 1.54) is 29.1 Å². The van der Waals surface area contributed by atoms with E-state index in [4.69, 9.17) is 0 Å². The van der Waals surface area contributed by atoms with Crippen molar-refractivity contribution in [2.24, 2.45) is 0 Å². The molecule has 1 amide bonds. The van der Waals surface area contributed by atoms with Crippen molar-refractivity contribution >= 4 is 11.6 Å². The molecule has 2 N–H and O–H groups in total. The molecule has 0 radical (unpaired) electrons. The van der Waals surface area contributed by atoms with E-state index >= 15 is 0 Å². The number of aromatic nitrogens is 2. The number of alkyl halides is 3. The molecule has 0 fully saturated rings. The van der Waals surface area contributed by atoms with Gasteiger partial charge in [-0.3, -0.25) is 20.3 Å². The second kappa shape index (κ2) is 5.86. The molecule has 1 aromatic heterocycles. The lowest BCUT2D eigenvalue weighted by Gasteiger charge is -2.17. The molecular formula is C13H13F3N4O. The highest BCUT2D eigenvalue weighted by Gasteiger charge is 2.33. The molecule has 112 valence electrons. The number of nitrogens with zero attached hydrogens (tertiary/aromatic N) is 2. The predicted molar refractivity (Wildman–Crippen MR) is 70.1 cm³/mol. The summed E-state index contributed by atoms with van der Waals surface area (Å²) in [6.07, 6.45) is -1.40. The Bertz CT molecular complexity index is 610. The zero-order valence-electron chi connectivity index (χ0n) is 11.1. The van der Waals surface area contributed by atoms with Crippen LogP contribution in [0.15, 0.2) is 42.7 Å². The molecule has 0 aliphatic rings. The van der Waals surface area contributed by atoms with Gasteiger partial charge < -0.3 is 0 Å². The zero-order valence-corrected chi connectivity index (χ0v) is 11.1. The maximum Gasteiger partial charge on any atom is 0.418 e. The molecule has 0 unspecified atom stereocenters. The van der Waals surface area contributed by atoms with Crippen LogP contribution in [-0.4, -0.2) is 15.7 Å². The molecule has 8 heteroatoms. The number of rotatable bonds is 4. The summed E-state index contributed by atoms with van der Waals surface area (Å²) in [5.74, 6) is -0.504. The van der Waals surface area contributed by atoms with Gasteiger partial charge in [-0.15, -0.1) is 0 Å². The van der Waals surface area contributed by atoms with E-state index in [0.717, 1.165) is 6.07 Å². The number of nitrogens with one attached hydrogen (secondary N) is 2. The van der Waals surface area contributed by atoms with Gasteiger partial charge in [-0.25, -0.2) is 0 Å². The van der Waals surface area contributed by atoms with Crippen LogP contribution in [0.1, 0.15) is 18.5 Å². The summed E-state index contributed by atoms with van der Waals surface area (Å²) >= 11 is 0. The Hall–Kier alpha value is -2.51.